The number of amides is 3. The third-order valence-corrected chi connectivity index (χ3v) is 5.27. The van der Waals surface area contributed by atoms with Crippen molar-refractivity contribution in [2.75, 3.05) is 22.1 Å². The van der Waals surface area contributed by atoms with Gasteiger partial charge in [0.1, 0.15) is 6.07 Å². The third-order valence-electron chi connectivity index (χ3n) is 5.27. The molecule has 0 spiro atoms. The molecule has 1 atom stereocenters. The van der Waals surface area contributed by atoms with E-state index in [9.17, 15) is 14.4 Å². The Kier molecular flexibility index (Phi) is 5.95. The molecule has 1 aliphatic heterocycles. The molecule has 7 heteroatoms. The summed E-state index contributed by atoms with van der Waals surface area (Å²) in [7, 11) is 0. The Balaban J connectivity index is 1.37. The summed E-state index contributed by atoms with van der Waals surface area (Å²) in [6, 6.07) is 24.5. The van der Waals surface area contributed by atoms with Crippen molar-refractivity contribution >= 4 is 34.8 Å². The molecule has 32 heavy (non-hydrogen) atoms. The van der Waals surface area contributed by atoms with Gasteiger partial charge < -0.3 is 15.5 Å². The van der Waals surface area contributed by atoms with E-state index in [2.05, 4.69) is 10.6 Å². The Labute approximate surface area is 185 Å². The molecule has 0 radical (unpaired) electrons. The molecule has 1 fully saturated rings. The van der Waals surface area contributed by atoms with Crippen molar-refractivity contribution in [2.24, 2.45) is 5.92 Å². The van der Waals surface area contributed by atoms with Gasteiger partial charge >= 0.3 is 0 Å². The van der Waals surface area contributed by atoms with Crippen LogP contribution >= 0.6 is 0 Å². The van der Waals surface area contributed by atoms with Gasteiger partial charge in [0, 0.05) is 29.9 Å². The largest absolute Gasteiger partial charge is 0.326 e. The summed E-state index contributed by atoms with van der Waals surface area (Å²) < 4.78 is 0. The van der Waals surface area contributed by atoms with E-state index in [1.807, 2.05) is 36.4 Å². The fourth-order valence-electron chi connectivity index (χ4n) is 3.57. The fraction of sp³-hybridized carbons (Fsp3) is 0.120. The number of rotatable bonds is 5. The Hall–Kier alpha value is -4.44. The number of benzene rings is 3. The molecular weight excluding hydrogens is 404 g/mol. The standard InChI is InChI=1S/C25H20N4O3/c26-15-18-6-4-5-9-22(18)28-24(31)17-10-12-20(13-11-17)27-25(32)19-14-23(30)29(16-19)21-7-2-1-3-8-21/h1-13,19H,14,16H2,(H,27,32)(H,28,31). The van der Waals surface area contributed by atoms with Gasteiger partial charge in [-0.2, -0.15) is 5.26 Å². The number of nitriles is 1. The van der Waals surface area contributed by atoms with Crippen molar-refractivity contribution in [1.29, 1.82) is 5.26 Å². The van der Waals surface area contributed by atoms with Gasteiger partial charge in [0.25, 0.3) is 5.91 Å². The summed E-state index contributed by atoms with van der Waals surface area (Å²) in [6.45, 7) is 0.327. The zero-order valence-electron chi connectivity index (χ0n) is 17.1. The number of hydrogen-bond donors (Lipinski definition) is 2. The van der Waals surface area contributed by atoms with E-state index in [0.717, 1.165) is 5.69 Å². The molecule has 1 heterocycles. The molecule has 0 saturated carbocycles. The van der Waals surface area contributed by atoms with E-state index >= 15 is 0 Å². The van der Waals surface area contributed by atoms with Crippen LogP contribution < -0.4 is 15.5 Å². The lowest BCUT2D eigenvalue weighted by Gasteiger charge is -2.16. The highest BCUT2D eigenvalue weighted by molar-refractivity contribution is 6.06. The molecule has 1 aliphatic rings. The highest BCUT2D eigenvalue weighted by atomic mass is 16.2. The van der Waals surface area contributed by atoms with E-state index in [0.29, 0.717) is 29.0 Å². The molecule has 7 nitrogen and oxygen atoms in total. The fourth-order valence-corrected chi connectivity index (χ4v) is 3.57. The van der Waals surface area contributed by atoms with Crippen LogP contribution in [-0.2, 0) is 9.59 Å². The molecule has 3 aromatic rings. The van der Waals surface area contributed by atoms with Crippen LogP contribution in [0.2, 0.25) is 0 Å². The van der Waals surface area contributed by atoms with E-state index in [1.54, 1.807) is 53.4 Å². The monoisotopic (exact) mass is 424 g/mol. The Morgan fingerprint density at radius 3 is 2.31 bits per heavy atom. The highest BCUT2D eigenvalue weighted by Gasteiger charge is 2.35. The van der Waals surface area contributed by atoms with Crippen LogP contribution in [0.15, 0.2) is 78.9 Å². The summed E-state index contributed by atoms with van der Waals surface area (Å²) in [6.07, 6.45) is 0.152. The van der Waals surface area contributed by atoms with Crippen molar-refractivity contribution in [1.82, 2.24) is 0 Å². The van der Waals surface area contributed by atoms with E-state index < -0.39 is 5.92 Å². The second-order valence-electron chi connectivity index (χ2n) is 7.42. The smallest absolute Gasteiger partial charge is 0.255 e. The molecule has 4 rings (SSSR count). The lowest BCUT2D eigenvalue weighted by atomic mass is 10.1. The second kappa shape index (κ2) is 9.14. The van der Waals surface area contributed by atoms with Gasteiger partial charge in [-0.05, 0) is 48.5 Å². The average molecular weight is 424 g/mol. The van der Waals surface area contributed by atoms with Crippen LogP contribution in [0.3, 0.4) is 0 Å². The molecule has 2 N–H and O–H groups in total. The molecule has 3 aromatic carbocycles. The number of carbonyl (C=O) groups is 3. The second-order valence-corrected chi connectivity index (χ2v) is 7.42. The molecule has 0 bridgehead atoms. The molecule has 1 unspecified atom stereocenters. The maximum absolute atomic E-state index is 12.7. The molecule has 1 saturated heterocycles. The normalized spacial score (nSPS) is 15.2. The first-order valence-electron chi connectivity index (χ1n) is 10.1. The van der Waals surface area contributed by atoms with Crippen molar-refractivity contribution < 1.29 is 14.4 Å². The van der Waals surface area contributed by atoms with Gasteiger partial charge in [-0.3, -0.25) is 14.4 Å². The van der Waals surface area contributed by atoms with E-state index in [1.165, 1.54) is 0 Å². The number of carbonyl (C=O) groups excluding carboxylic acids is 3. The zero-order chi connectivity index (χ0) is 22.5. The summed E-state index contributed by atoms with van der Waals surface area (Å²) >= 11 is 0. The third kappa shape index (κ3) is 4.50. The lowest BCUT2D eigenvalue weighted by molar-refractivity contribution is -0.122. The molecule has 158 valence electrons. The quantitative estimate of drug-likeness (QED) is 0.650. The highest BCUT2D eigenvalue weighted by Crippen LogP contribution is 2.26. The number of nitrogens with zero attached hydrogens (tertiary/aromatic N) is 2. The molecule has 0 aromatic heterocycles. The Morgan fingerprint density at radius 2 is 1.59 bits per heavy atom. The van der Waals surface area contributed by atoms with Crippen molar-refractivity contribution in [3.63, 3.8) is 0 Å². The van der Waals surface area contributed by atoms with E-state index in [4.69, 9.17) is 5.26 Å². The van der Waals surface area contributed by atoms with Gasteiger partial charge in [-0.25, -0.2) is 0 Å². The maximum Gasteiger partial charge on any atom is 0.255 e. The SMILES string of the molecule is N#Cc1ccccc1NC(=O)c1ccc(NC(=O)C2CC(=O)N(c3ccccc3)C2)cc1. The van der Waals surface area contributed by atoms with Crippen LogP contribution in [0.5, 0.6) is 0 Å². The Morgan fingerprint density at radius 1 is 0.906 bits per heavy atom. The van der Waals surface area contributed by atoms with Gasteiger partial charge in [-0.15, -0.1) is 0 Å². The predicted octanol–water partition coefficient (Wildman–Crippen LogP) is 3.80. The molecular formula is C25H20N4O3. The first-order chi connectivity index (χ1) is 15.5. The molecule has 3 amide bonds. The lowest BCUT2D eigenvalue weighted by Crippen LogP contribution is -2.28. The zero-order valence-corrected chi connectivity index (χ0v) is 17.1. The van der Waals surface area contributed by atoms with Crippen molar-refractivity contribution in [3.05, 3.63) is 90.0 Å². The number of hydrogen-bond acceptors (Lipinski definition) is 4. The number of nitrogens with one attached hydrogen (secondary N) is 2. The van der Waals surface area contributed by atoms with Gasteiger partial charge in [0.15, 0.2) is 0 Å². The minimum absolute atomic E-state index is 0.0824. The minimum atomic E-state index is -0.451. The minimum Gasteiger partial charge on any atom is -0.326 e. The van der Waals surface area contributed by atoms with Crippen LogP contribution in [-0.4, -0.2) is 24.3 Å². The van der Waals surface area contributed by atoms with Crippen LogP contribution in [0, 0.1) is 17.2 Å². The summed E-state index contributed by atoms with van der Waals surface area (Å²) in [5.41, 5.74) is 2.52. The summed E-state index contributed by atoms with van der Waals surface area (Å²) in [5.74, 6) is -1.13. The predicted molar refractivity (Wildman–Crippen MR) is 121 cm³/mol. The maximum atomic E-state index is 12.7. The number of anilines is 3. The first kappa shape index (κ1) is 20.8. The topological polar surface area (TPSA) is 102 Å². The van der Waals surface area contributed by atoms with Gasteiger partial charge in [-0.1, -0.05) is 30.3 Å². The average Bonchev–Trinajstić information content (AvgIpc) is 3.22. The van der Waals surface area contributed by atoms with Crippen LogP contribution in [0.4, 0.5) is 17.1 Å². The van der Waals surface area contributed by atoms with Crippen molar-refractivity contribution in [2.45, 2.75) is 6.42 Å². The van der Waals surface area contributed by atoms with Gasteiger partial charge in [0.2, 0.25) is 11.8 Å². The summed E-state index contributed by atoms with van der Waals surface area (Å²) in [4.78, 5) is 39.1. The number of para-hydroxylation sites is 2. The van der Waals surface area contributed by atoms with Gasteiger partial charge in [0.05, 0.1) is 17.2 Å². The Bertz CT molecular complexity index is 1200. The van der Waals surface area contributed by atoms with Crippen molar-refractivity contribution in [3.8, 4) is 6.07 Å². The molecule has 0 aliphatic carbocycles. The van der Waals surface area contributed by atoms with Crippen LogP contribution in [0.1, 0.15) is 22.3 Å². The summed E-state index contributed by atoms with van der Waals surface area (Å²) in [5, 5.41) is 14.7. The first-order valence-corrected chi connectivity index (χ1v) is 10.1. The van der Waals surface area contributed by atoms with E-state index in [-0.39, 0.29) is 24.1 Å². The van der Waals surface area contributed by atoms with Crippen LogP contribution in [0.25, 0.3) is 0 Å².